The first-order valence-corrected chi connectivity index (χ1v) is 9.55. The zero-order valence-corrected chi connectivity index (χ0v) is 15.5. The summed E-state index contributed by atoms with van der Waals surface area (Å²) in [5.41, 5.74) is 0. The predicted octanol–water partition coefficient (Wildman–Crippen LogP) is 2.19. The molecule has 2 aliphatic heterocycles. The highest BCUT2D eigenvalue weighted by molar-refractivity contribution is 5.79. The van der Waals surface area contributed by atoms with E-state index in [1.807, 2.05) is 30.6 Å². The van der Waals surface area contributed by atoms with E-state index in [0.717, 1.165) is 65.0 Å². The van der Waals surface area contributed by atoms with Gasteiger partial charge in [-0.15, -0.1) is 0 Å². The van der Waals surface area contributed by atoms with Crippen LogP contribution >= 0.6 is 0 Å². The number of amides is 2. The molecule has 6 nitrogen and oxygen atoms in total. The lowest BCUT2D eigenvalue weighted by Gasteiger charge is -2.42. The molecule has 138 valence electrons. The lowest BCUT2D eigenvalue weighted by molar-refractivity contribution is -0.137. The van der Waals surface area contributed by atoms with Crippen LogP contribution in [0.15, 0.2) is 0 Å². The Balaban J connectivity index is 1.85. The molecular formula is C18H33N3O3. The first-order chi connectivity index (χ1) is 11.6. The fourth-order valence-corrected chi connectivity index (χ4v) is 3.96. The maximum atomic E-state index is 12.6. The maximum Gasteiger partial charge on any atom is 0.409 e. The molecule has 0 spiro atoms. The highest BCUT2D eigenvalue weighted by Gasteiger charge is 2.33. The Bertz CT molecular complexity index is 418. The minimum atomic E-state index is -0.191. The Morgan fingerprint density at radius 3 is 2.29 bits per heavy atom. The van der Waals surface area contributed by atoms with Crippen LogP contribution in [0.2, 0.25) is 0 Å². The molecule has 1 atom stereocenters. The molecule has 0 aromatic carbocycles. The molecule has 2 heterocycles. The maximum absolute atomic E-state index is 12.6. The van der Waals surface area contributed by atoms with Gasteiger partial charge in [-0.05, 0) is 53.0 Å². The molecular weight excluding hydrogens is 306 g/mol. The monoisotopic (exact) mass is 339 g/mol. The van der Waals surface area contributed by atoms with Crippen LogP contribution in [0.25, 0.3) is 0 Å². The molecule has 0 N–H and O–H groups in total. The van der Waals surface area contributed by atoms with E-state index in [1.54, 1.807) is 0 Å². The van der Waals surface area contributed by atoms with Gasteiger partial charge in [0, 0.05) is 38.8 Å². The van der Waals surface area contributed by atoms with Gasteiger partial charge in [-0.3, -0.25) is 9.69 Å². The van der Waals surface area contributed by atoms with E-state index in [2.05, 4.69) is 4.90 Å². The number of likely N-dealkylation sites (tertiary alicyclic amines) is 2. The second-order valence-corrected chi connectivity index (χ2v) is 6.76. The molecule has 6 heteroatoms. The third-order valence-electron chi connectivity index (χ3n) is 5.38. The third-order valence-corrected chi connectivity index (χ3v) is 5.38. The minimum Gasteiger partial charge on any atom is -0.450 e. The average molecular weight is 339 g/mol. The molecule has 0 aliphatic carbocycles. The molecule has 2 rings (SSSR count). The second-order valence-electron chi connectivity index (χ2n) is 6.76. The van der Waals surface area contributed by atoms with E-state index in [1.165, 1.54) is 0 Å². The highest BCUT2D eigenvalue weighted by Crippen LogP contribution is 2.25. The molecule has 2 aliphatic rings. The van der Waals surface area contributed by atoms with E-state index < -0.39 is 0 Å². The summed E-state index contributed by atoms with van der Waals surface area (Å²) in [5, 5.41) is 0. The van der Waals surface area contributed by atoms with Gasteiger partial charge in [-0.1, -0.05) is 0 Å². The minimum absolute atomic E-state index is 0.140. The van der Waals surface area contributed by atoms with Crippen LogP contribution in [0.1, 0.15) is 46.5 Å². The molecule has 0 aromatic rings. The lowest BCUT2D eigenvalue weighted by Crippen LogP contribution is -2.52. The normalized spacial score (nSPS) is 23.1. The SMILES string of the molecule is CCOC(=O)N1CCC(N2CCC[C@H](C(=O)N(CC)CC)C2)CC1. The zero-order valence-electron chi connectivity index (χ0n) is 15.5. The quantitative estimate of drug-likeness (QED) is 0.770. The van der Waals surface area contributed by atoms with Crippen LogP contribution in [-0.2, 0) is 9.53 Å². The van der Waals surface area contributed by atoms with Gasteiger partial charge in [0.25, 0.3) is 0 Å². The van der Waals surface area contributed by atoms with Crippen LogP contribution in [0.4, 0.5) is 4.79 Å². The van der Waals surface area contributed by atoms with Crippen LogP contribution in [0.3, 0.4) is 0 Å². The van der Waals surface area contributed by atoms with Crippen LogP contribution in [-0.4, -0.2) is 78.6 Å². The van der Waals surface area contributed by atoms with Crippen LogP contribution in [0, 0.1) is 5.92 Å². The first kappa shape index (κ1) is 19.0. The number of carbonyl (C=O) groups is 2. The average Bonchev–Trinajstić information content (AvgIpc) is 2.63. The van der Waals surface area contributed by atoms with E-state index in [0.29, 0.717) is 18.6 Å². The molecule has 0 radical (unpaired) electrons. The smallest absolute Gasteiger partial charge is 0.409 e. The summed E-state index contributed by atoms with van der Waals surface area (Å²) >= 11 is 0. The number of piperidine rings is 2. The van der Waals surface area contributed by atoms with E-state index in [-0.39, 0.29) is 12.0 Å². The summed E-state index contributed by atoms with van der Waals surface area (Å²) < 4.78 is 5.08. The topological polar surface area (TPSA) is 53.1 Å². The number of hydrogen-bond acceptors (Lipinski definition) is 4. The summed E-state index contributed by atoms with van der Waals surface area (Å²) in [6.45, 7) is 11.4. The Kier molecular flexibility index (Phi) is 7.34. The molecule has 0 aromatic heterocycles. The predicted molar refractivity (Wildman–Crippen MR) is 93.8 cm³/mol. The first-order valence-electron chi connectivity index (χ1n) is 9.55. The van der Waals surface area contributed by atoms with Gasteiger partial charge < -0.3 is 14.5 Å². The number of rotatable bonds is 5. The van der Waals surface area contributed by atoms with Crippen molar-refractivity contribution >= 4 is 12.0 Å². The van der Waals surface area contributed by atoms with Gasteiger partial charge in [0.05, 0.1) is 12.5 Å². The molecule has 2 saturated heterocycles. The Labute approximate surface area is 146 Å². The summed E-state index contributed by atoms with van der Waals surface area (Å²) in [5.74, 6) is 0.454. The molecule has 0 bridgehead atoms. The van der Waals surface area contributed by atoms with Gasteiger partial charge in [0.15, 0.2) is 0 Å². The lowest BCUT2D eigenvalue weighted by atomic mass is 9.93. The second kappa shape index (κ2) is 9.25. The van der Waals surface area contributed by atoms with Crippen molar-refractivity contribution in [3.05, 3.63) is 0 Å². The highest BCUT2D eigenvalue weighted by atomic mass is 16.6. The van der Waals surface area contributed by atoms with E-state index >= 15 is 0 Å². The number of ether oxygens (including phenoxy) is 1. The zero-order chi connectivity index (χ0) is 17.5. The van der Waals surface area contributed by atoms with Crippen molar-refractivity contribution < 1.29 is 14.3 Å². The van der Waals surface area contributed by atoms with Crippen molar-refractivity contribution in [2.45, 2.75) is 52.5 Å². The van der Waals surface area contributed by atoms with Crippen molar-refractivity contribution in [2.75, 3.05) is 45.9 Å². The third kappa shape index (κ3) is 4.62. The van der Waals surface area contributed by atoms with Gasteiger partial charge in [0.1, 0.15) is 0 Å². The molecule has 0 saturated carbocycles. The fourth-order valence-electron chi connectivity index (χ4n) is 3.96. The Morgan fingerprint density at radius 1 is 1.04 bits per heavy atom. The summed E-state index contributed by atoms with van der Waals surface area (Å²) in [6, 6.07) is 0.489. The summed E-state index contributed by atoms with van der Waals surface area (Å²) in [4.78, 5) is 30.7. The van der Waals surface area contributed by atoms with Crippen LogP contribution in [0.5, 0.6) is 0 Å². The van der Waals surface area contributed by atoms with Crippen LogP contribution < -0.4 is 0 Å². The number of nitrogens with zero attached hydrogens (tertiary/aromatic N) is 3. The van der Waals surface area contributed by atoms with Gasteiger partial charge in [0.2, 0.25) is 5.91 Å². The van der Waals surface area contributed by atoms with E-state index in [4.69, 9.17) is 4.74 Å². The summed E-state index contributed by atoms with van der Waals surface area (Å²) in [6.07, 6.45) is 3.86. The summed E-state index contributed by atoms with van der Waals surface area (Å²) in [7, 11) is 0. The standard InChI is InChI=1S/C18H33N3O3/c1-4-19(5-2)17(22)15-8-7-11-21(14-15)16-9-12-20(13-10-16)18(23)24-6-3/h15-16H,4-14H2,1-3H3/t15-/m0/s1. The Morgan fingerprint density at radius 2 is 1.71 bits per heavy atom. The molecule has 2 fully saturated rings. The van der Waals surface area contributed by atoms with Crippen molar-refractivity contribution in [1.29, 1.82) is 0 Å². The van der Waals surface area contributed by atoms with Crippen molar-refractivity contribution in [3.8, 4) is 0 Å². The van der Waals surface area contributed by atoms with Gasteiger partial charge in [-0.2, -0.15) is 0 Å². The molecule has 0 unspecified atom stereocenters. The number of carbonyl (C=O) groups excluding carboxylic acids is 2. The van der Waals surface area contributed by atoms with Gasteiger partial charge >= 0.3 is 6.09 Å². The molecule has 2 amide bonds. The van der Waals surface area contributed by atoms with E-state index in [9.17, 15) is 9.59 Å². The number of hydrogen-bond donors (Lipinski definition) is 0. The van der Waals surface area contributed by atoms with Crippen molar-refractivity contribution in [3.63, 3.8) is 0 Å². The fraction of sp³-hybridized carbons (Fsp3) is 0.889. The van der Waals surface area contributed by atoms with Gasteiger partial charge in [-0.25, -0.2) is 4.79 Å². The Hall–Kier alpha value is -1.30. The van der Waals surface area contributed by atoms with Crippen molar-refractivity contribution in [2.24, 2.45) is 5.92 Å². The largest absolute Gasteiger partial charge is 0.450 e. The van der Waals surface area contributed by atoms with Crippen molar-refractivity contribution in [1.82, 2.24) is 14.7 Å². The molecule has 24 heavy (non-hydrogen) atoms.